The molecule has 0 aliphatic carbocycles. The molecule has 7 nitrogen and oxygen atoms in total. The van der Waals surface area contributed by atoms with Gasteiger partial charge >= 0.3 is 5.82 Å². The van der Waals surface area contributed by atoms with Gasteiger partial charge in [-0.1, -0.05) is 19.2 Å². The summed E-state index contributed by atoms with van der Waals surface area (Å²) in [5, 5.41) is 3.45. The monoisotopic (exact) mass is 283 g/mol. The summed E-state index contributed by atoms with van der Waals surface area (Å²) < 4.78 is 19.2. The van der Waals surface area contributed by atoms with Crippen LogP contribution in [0.4, 0.5) is 0 Å². The fourth-order valence-electron chi connectivity index (χ4n) is 1.76. The summed E-state index contributed by atoms with van der Waals surface area (Å²) in [5.74, 6) is -1.80. The maximum absolute atomic E-state index is 10.6. The zero-order valence-electron chi connectivity index (χ0n) is 11.3. The Hall–Kier alpha value is -2.15. The van der Waals surface area contributed by atoms with Crippen molar-refractivity contribution in [3.63, 3.8) is 0 Å². The van der Waals surface area contributed by atoms with Crippen molar-refractivity contribution in [1.29, 1.82) is 0 Å². The van der Waals surface area contributed by atoms with Crippen molar-refractivity contribution in [2.75, 3.05) is 7.11 Å². The largest absolute Gasteiger partial charge is 0.542 e. The van der Waals surface area contributed by atoms with Crippen molar-refractivity contribution in [1.82, 2.24) is 5.16 Å². The molecule has 110 valence electrons. The molecule has 0 fully saturated rings. The number of hydrogen-bond acceptors (Lipinski definition) is 7. The molecule has 1 aromatic heterocycles. The van der Waals surface area contributed by atoms with Gasteiger partial charge in [-0.15, -0.1) is 0 Å². The lowest BCUT2D eigenvalue weighted by Gasteiger charge is -2.30. The van der Waals surface area contributed by atoms with Gasteiger partial charge in [-0.3, -0.25) is 9.32 Å². The fraction of sp³-hybridized carbons (Fsp3) is 0.462. The van der Waals surface area contributed by atoms with Gasteiger partial charge in [-0.05, 0) is 18.0 Å². The molecule has 0 aromatic carbocycles. The molecule has 1 rings (SSSR count). The van der Waals surface area contributed by atoms with Crippen LogP contribution in [0.5, 0.6) is 0 Å². The van der Waals surface area contributed by atoms with E-state index in [4.69, 9.17) is 9.47 Å². The van der Waals surface area contributed by atoms with Gasteiger partial charge < -0.3 is 13.9 Å². The SMILES string of the molecule is C=CC(=C)C(CCCCc1noc(=O)o1)(OC)OC=O. The number of carbonyl (C=O) groups is 1. The molecule has 0 spiro atoms. The maximum atomic E-state index is 10.6. The van der Waals surface area contributed by atoms with Crippen molar-refractivity contribution in [2.45, 2.75) is 31.5 Å². The number of rotatable bonds is 10. The minimum Gasteiger partial charge on any atom is -0.431 e. The minimum absolute atomic E-state index is 0.233. The Balaban J connectivity index is 2.53. The maximum Gasteiger partial charge on any atom is 0.542 e. The van der Waals surface area contributed by atoms with Gasteiger partial charge in [0.05, 0.1) is 0 Å². The summed E-state index contributed by atoms with van der Waals surface area (Å²) in [6.07, 6.45) is 3.59. The third-order valence-electron chi connectivity index (χ3n) is 2.87. The number of ether oxygens (including phenoxy) is 2. The van der Waals surface area contributed by atoms with E-state index < -0.39 is 11.6 Å². The third kappa shape index (κ3) is 3.92. The summed E-state index contributed by atoms with van der Waals surface area (Å²) in [6, 6.07) is 0. The molecule has 20 heavy (non-hydrogen) atoms. The predicted molar refractivity (Wildman–Crippen MR) is 68.8 cm³/mol. The summed E-state index contributed by atoms with van der Waals surface area (Å²) >= 11 is 0. The number of aromatic nitrogens is 1. The molecule has 0 N–H and O–H groups in total. The number of nitrogens with zero attached hydrogens (tertiary/aromatic N) is 1. The van der Waals surface area contributed by atoms with Crippen LogP contribution < -0.4 is 5.82 Å². The number of unbranched alkanes of at least 4 members (excludes halogenated alkanes) is 1. The second-order valence-corrected chi connectivity index (χ2v) is 4.04. The van der Waals surface area contributed by atoms with Crippen molar-refractivity contribution < 1.29 is 23.2 Å². The van der Waals surface area contributed by atoms with E-state index in [9.17, 15) is 9.59 Å². The smallest absolute Gasteiger partial charge is 0.431 e. The van der Waals surface area contributed by atoms with Gasteiger partial charge in [0.2, 0.25) is 11.7 Å². The van der Waals surface area contributed by atoms with Crippen molar-refractivity contribution in [2.24, 2.45) is 0 Å². The number of methoxy groups -OCH3 is 1. The molecule has 1 heterocycles. The van der Waals surface area contributed by atoms with E-state index in [1.165, 1.54) is 13.2 Å². The lowest BCUT2D eigenvalue weighted by molar-refractivity contribution is -0.193. The van der Waals surface area contributed by atoms with E-state index in [1.54, 1.807) is 0 Å². The Bertz CT molecular complexity index is 517. The highest BCUT2D eigenvalue weighted by Gasteiger charge is 2.33. The average molecular weight is 283 g/mol. The van der Waals surface area contributed by atoms with E-state index in [1.807, 2.05) is 0 Å². The van der Waals surface area contributed by atoms with Crippen LogP contribution >= 0.6 is 0 Å². The lowest BCUT2D eigenvalue weighted by Crippen LogP contribution is -2.36. The number of aryl methyl sites for hydroxylation is 1. The Kier molecular flexibility index (Phi) is 5.92. The Morgan fingerprint density at radius 1 is 1.50 bits per heavy atom. The molecule has 0 saturated heterocycles. The van der Waals surface area contributed by atoms with Crippen LogP contribution in [0.25, 0.3) is 0 Å². The molecule has 0 radical (unpaired) electrons. The molecule has 0 aliphatic heterocycles. The standard InChI is InChI=1S/C13H17NO6/c1-4-10(2)13(17-3,18-9-15)8-6-5-7-11-14-20-12(16)19-11/h4,9H,1-2,5-8H2,3H3. The van der Waals surface area contributed by atoms with E-state index in [-0.39, 0.29) is 5.89 Å². The van der Waals surface area contributed by atoms with Crippen LogP contribution in [-0.4, -0.2) is 24.5 Å². The lowest BCUT2D eigenvalue weighted by atomic mass is 10.00. The molecule has 1 unspecified atom stereocenters. The van der Waals surface area contributed by atoms with Gasteiger partial charge in [0.1, 0.15) is 0 Å². The fourth-order valence-corrected chi connectivity index (χ4v) is 1.76. The first-order valence-corrected chi connectivity index (χ1v) is 6.02. The quantitative estimate of drug-likeness (QED) is 0.279. The Morgan fingerprint density at radius 2 is 2.25 bits per heavy atom. The van der Waals surface area contributed by atoms with Crippen LogP contribution in [0.1, 0.15) is 25.2 Å². The van der Waals surface area contributed by atoms with Crippen LogP contribution in [0.3, 0.4) is 0 Å². The first kappa shape index (κ1) is 15.9. The van der Waals surface area contributed by atoms with Crippen LogP contribution in [-0.2, 0) is 20.7 Å². The normalized spacial score (nSPS) is 13.4. The second-order valence-electron chi connectivity index (χ2n) is 4.04. The van der Waals surface area contributed by atoms with Gasteiger partial charge in [0, 0.05) is 25.5 Å². The first-order chi connectivity index (χ1) is 9.57. The van der Waals surface area contributed by atoms with Crippen LogP contribution in [0.2, 0.25) is 0 Å². The number of carbonyl (C=O) groups excluding carboxylic acids is 1. The van der Waals surface area contributed by atoms with Crippen molar-refractivity contribution in [3.05, 3.63) is 41.3 Å². The molecular weight excluding hydrogens is 266 g/mol. The zero-order chi connectivity index (χ0) is 15.0. The molecule has 0 saturated carbocycles. The molecule has 7 heteroatoms. The minimum atomic E-state index is -1.21. The highest BCUT2D eigenvalue weighted by atomic mass is 16.7. The molecule has 0 bridgehead atoms. The van der Waals surface area contributed by atoms with Gasteiger partial charge in [-0.25, -0.2) is 4.79 Å². The van der Waals surface area contributed by atoms with Crippen molar-refractivity contribution >= 4 is 6.47 Å². The summed E-state index contributed by atoms with van der Waals surface area (Å²) in [7, 11) is 1.43. The van der Waals surface area contributed by atoms with E-state index in [0.29, 0.717) is 37.7 Å². The topological polar surface area (TPSA) is 91.8 Å². The van der Waals surface area contributed by atoms with Gasteiger partial charge in [0.15, 0.2) is 0 Å². The van der Waals surface area contributed by atoms with E-state index in [0.717, 1.165) is 0 Å². The molecular formula is C13H17NO6. The Labute approximate surface area is 115 Å². The molecule has 0 aliphatic rings. The highest BCUT2D eigenvalue weighted by molar-refractivity contribution is 5.40. The van der Waals surface area contributed by atoms with Gasteiger partial charge in [0.25, 0.3) is 6.47 Å². The molecule has 0 amide bonds. The number of hydrogen-bond donors (Lipinski definition) is 0. The highest BCUT2D eigenvalue weighted by Crippen LogP contribution is 2.28. The van der Waals surface area contributed by atoms with Crippen molar-refractivity contribution in [3.8, 4) is 0 Å². The summed E-state index contributed by atoms with van der Waals surface area (Å²) in [6.45, 7) is 7.66. The second kappa shape index (κ2) is 7.44. The average Bonchev–Trinajstić information content (AvgIpc) is 2.87. The molecule has 1 atom stereocenters. The summed E-state index contributed by atoms with van der Waals surface area (Å²) in [4.78, 5) is 21.3. The van der Waals surface area contributed by atoms with E-state index in [2.05, 4.69) is 27.3 Å². The summed E-state index contributed by atoms with van der Waals surface area (Å²) in [5.41, 5.74) is 0.458. The zero-order valence-corrected chi connectivity index (χ0v) is 11.3. The van der Waals surface area contributed by atoms with Crippen LogP contribution in [0, 0.1) is 0 Å². The van der Waals surface area contributed by atoms with E-state index >= 15 is 0 Å². The van der Waals surface area contributed by atoms with Crippen LogP contribution in [0.15, 0.2) is 38.5 Å². The molecule has 1 aromatic rings. The first-order valence-electron chi connectivity index (χ1n) is 6.02. The third-order valence-corrected chi connectivity index (χ3v) is 2.87. The predicted octanol–water partition coefficient (Wildman–Crippen LogP) is 1.60. The Morgan fingerprint density at radius 3 is 2.75 bits per heavy atom. The van der Waals surface area contributed by atoms with Gasteiger partial charge in [-0.2, -0.15) is 0 Å².